The first-order valence-electron chi connectivity index (χ1n) is 12.7. The lowest BCUT2D eigenvalue weighted by Crippen LogP contribution is -2.55. The zero-order chi connectivity index (χ0) is 26.4. The number of fused-ring (bicyclic) bond motifs is 7. The van der Waals surface area contributed by atoms with Crippen LogP contribution in [0.5, 0.6) is 0 Å². The number of benzene rings is 3. The minimum Gasteiger partial charge on any atom is -0.325 e. The summed E-state index contributed by atoms with van der Waals surface area (Å²) in [4.78, 5) is 56.3. The van der Waals surface area contributed by atoms with E-state index in [1.807, 2.05) is 49.4 Å². The number of ketones is 1. The third kappa shape index (κ3) is 2.56. The lowest BCUT2D eigenvalue weighted by atomic mass is 9.60. The number of amides is 2. The Balaban J connectivity index is 1.58. The number of carbonyl (C=O) groups is 3. The normalized spacial score (nSPS) is 28.8. The van der Waals surface area contributed by atoms with Crippen LogP contribution in [-0.2, 0) is 20.5 Å². The number of rotatable bonds is 3. The van der Waals surface area contributed by atoms with Crippen LogP contribution < -0.4 is 10.6 Å². The summed E-state index contributed by atoms with van der Waals surface area (Å²) in [6.45, 7) is 2.47. The van der Waals surface area contributed by atoms with Gasteiger partial charge in [-0.3, -0.25) is 29.4 Å². The Morgan fingerprint density at radius 1 is 0.974 bits per heavy atom. The van der Waals surface area contributed by atoms with Crippen LogP contribution in [0.3, 0.4) is 0 Å². The van der Waals surface area contributed by atoms with Gasteiger partial charge in [-0.25, -0.2) is 0 Å². The van der Waals surface area contributed by atoms with Crippen molar-refractivity contribution in [3.63, 3.8) is 0 Å². The zero-order valence-corrected chi connectivity index (χ0v) is 20.6. The van der Waals surface area contributed by atoms with Crippen LogP contribution in [0.1, 0.15) is 39.9 Å². The van der Waals surface area contributed by atoms with Crippen molar-refractivity contribution >= 4 is 34.7 Å². The maximum Gasteiger partial charge on any atom is 0.270 e. The lowest BCUT2D eigenvalue weighted by molar-refractivity contribution is -0.384. The van der Waals surface area contributed by atoms with Gasteiger partial charge >= 0.3 is 0 Å². The third-order valence-corrected chi connectivity index (χ3v) is 8.88. The molecule has 2 fully saturated rings. The molecule has 4 heterocycles. The molecule has 7 rings (SSSR count). The summed E-state index contributed by atoms with van der Waals surface area (Å²) in [6.07, 6.45) is 1.41. The number of anilines is 2. The number of non-ortho nitro benzene ring substituents is 1. The van der Waals surface area contributed by atoms with E-state index in [0.29, 0.717) is 35.5 Å². The molecular weight excluding hydrogens is 484 g/mol. The molecular formula is C29H24N4O5. The van der Waals surface area contributed by atoms with Crippen LogP contribution in [0.25, 0.3) is 0 Å². The van der Waals surface area contributed by atoms with Crippen molar-refractivity contribution in [1.82, 2.24) is 4.90 Å². The van der Waals surface area contributed by atoms with E-state index in [1.165, 1.54) is 24.3 Å². The number of hydrogen-bond acceptors (Lipinski definition) is 6. The van der Waals surface area contributed by atoms with Crippen molar-refractivity contribution in [1.29, 1.82) is 0 Å². The van der Waals surface area contributed by atoms with Crippen LogP contribution in [-0.4, -0.2) is 40.0 Å². The number of Topliss-reactive ketones (excluding diaryl/α,β-unsaturated/α-hetero) is 1. The van der Waals surface area contributed by atoms with Gasteiger partial charge in [-0.1, -0.05) is 48.0 Å². The Labute approximate surface area is 218 Å². The Morgan fingerprint density at radius 2 is 1.74 bits per heavy atom. The topological polar surface area (TPSA) is 122 Å². The smallest absolute Gasteiger partial charge is 0.270 e. The fraction of sp³-hybridized carbons (Fsp3) is 0.276. The molecule has 4 atom stereocenters. The summed E-state index contributed by atoms with van der Waals surface area (Å²) in [5, 5.41) is 17.6. The predicted octanol–water partition coefficient (Wildman–Crippen LogP) is 3.92. The van der Waals surface area contributed by atoms with E-state index in [0.717, 1.165) is 12.0 Å². The maximum absolute atomic E-state index is 14.8. The van der Waals surface area contributed by atoms with Crippen molar-refractivity contribution < 1.29 is 19.3 Å². The number of aryl methyl sites for hydroxylation is 1. The van der Waals surface area contributed by atoms with E-state index in [9.17, 15) is 24.5 Å². The van der Waals surface area contributed by atoms with Gasteiger partial charge in [0.1, 0.15) is 11.0 Å². The largest absolute Gasteiger partial charge is 0.325 e. The van der Waals surface area contributed by atoms with Crippen LogP contribution in [0.4, 0.5) is 17.1 Å². The van der Waals surface area contributed by atoms with Crippen LogP contribution in [0.15, 0.2) is 66.7 Å². The minimum absolute atomic E-state index is 0.107. The van der Waals surface area contributed by atoms with Crippen molar-refractivity contribution in [3.8, 4) is 0 Å². The number of para-hydroxylation sites is 1. The molecule has 4 aliphatic heterocycles. The number of nitrogens with zero attached hydrogens (tertiary/aromatic N) is 2. The average Bonchev–Trinajstić information content (AvgIpc) is 3.63. The molecule has 3 aromatic rings. The summed E-state index contributed by atoms with van der Waals surface area (Å²) in [7, 11) is 0. The number of nitro benzene ring substituents is 1. The Kier molecular flexibility index (Phi) is 4.55. The molecule has 2 N–H and O–H groups in total. The predicted molar refractivity (Wildman–Crippen MR) is 139 cm³/mol. The lowest BCUT2D eigenvalue weighted by Gasteiger charge is -2.38. The Morgan fingerprint density at radius 3 is 2.55 bits per heavy atom. The number of carbonyl (C=O) groups excluding carboxylic acids is 3. The SMILES string of the molecule is Cc1ccc2c(c1)[C@@]1(C(=O)N2)[C@@H](C(=O)c2cccc([N+](=O)[O-])c2)[C@]2(C(=O)Nc3ccccc32)[C@H]2CCCN21. The van der Waals surface area contributed by atoms with Crippen LogP contribution >= 0.6 is 0 Å². The van der Waals surface area contributed by atoms with E-state index in [-0.39, 0.29) is 23.1 Å². The molecule has 0 aromatic heterocycles. The summed E-state index contributed by atoms with van der Waals surface area (Å²) in [5.74, 6) is -2.26. The molecule has 2 saturated heterocycles. The fourth-order valence-corrected chi connectivity index (χ4v) is 7.60. The van der Waals surface area contributed by atoms with Crippen molar-refractivity contribution in [3.05, 3.63) is 99.1 Å². The van der Waals surface area contributed by atoms with Gasteiger partial charge < -0.3 is 10.6 Å². The fourth-order valence-electron chi connectivity index (χ4n) is 7.60. The van der Waals surface area contributed by atoms with E-state index in [2.05, 4.69) is 15.5 Å². The third-order valence-electron chi connectivity index (χ3n) is 8.88. The molecule has 0 radical (unpaired) electrons. The first-order valence-corrected chi connectivity index (χ1v) is 12.7. The Hall–Kier alpha value is -4.37. The summed E-state index contributed by atoms with van der Waals surface area (Å²) in [6, 6.07) is 18.2. The highest BCUT2D eigenvalue weighted by atomic mass is 16.6. The van der Waals surface area contributed by atoms with E-state index < -0.39 is 33.6 Å². The monoisotopic (exact) mass is 508 g/mol. The highest BCUT2D eigenvalue weighted by molar-refractivity contribution is 6.18. The molecule has 9 heteroatoms. The standard InChI is InChI=1S/C29H24N4O5/c1-16-11-12-22-20(14-16)29(27(36)31-22)25(24(34)17-6-4-7-18(15-17)33(37)38)28(23-10-5-13-32(23)29)19-8-2-3-9-21(19)30-26(28)35/h2-4,6-9,11-12,14-15,23,25H,5,10,13H2,1H3,(H,30,35)(H,31,36)/t23-,25+,28-,29+/m1/s1. The van der Waals surface area contributed by atoms with Gasteiger partial charge in [0.15, 0.2) is 5.78 Å². The first-order chi connectivity index (χ1) is 18.3. The van der Waals surface area contributed by atoms with Gasteiger partial charge in [0.25, 0.3) is 5.69 Å². The molecule has 4 aliphatic rings. The average molecular weight is 509 g/mol. The van der Waals surface area contributed by atoms with Gasteiger partial charge in [-0.05, 0) is 44.0 Å². The maximum atomic E-state index is 14.8. The van der Waals surface area contributed by atoms with E-state index in [1.54, 1.807) is 0 Å². The number of nitro groups is 1. The van der Waals surface area contributed by atoms with Crippen molar-refractivity contribution in [2.45, 2.75) is 36.8 Å². The van der Waals surface area contributed by atoms with Crippen molar-refractivity contribution in [2.75, 3.05) is 17.2 Å². The van der Waals surface area contributed by atoms with Crippen LogP contribution in [0.2, 0.25) is 0 Å². The molecule has 2 amide bonds. The molecule has 0 saturated carbocycles. The van der Waals surface area contributed by atoms with Gasteiger partial charge in [0.05, 0.1) is 10.8 Å². The molecule has 190 valence electrons. The van der Waals surface area contributed by atoms with Gasteiger partial charge in [-0.15, -0.1) is 0 Å². The molecule has 38 heavy (non-hydrogen) atoms. The highest BCUT2D eigenvalue weighted by Crippen LogP contribution is 2.66. The van der Waals surface area contributed by atoms with Gasteiger partial charge in [0, 0.05) is 40.7 Å². The highest BCUT2D eigenvalue weighted by Gasteiger charge is 2.78. The second-order valence-electron chi connectivity index (χ2n) is 10.6. The number of nitrogens with one attached hydrogen (secondary N) is 2. The quantitative estimate of drug-likeness (QED) is 0.314. The molecule has 0 unspecified atom stereocenters. The van der Waals surface area contributed by atoms with Gasteiger partial charge in [0.2, 0.25) is 11.8 Å². The zero-order valence-electron chi connectivity index (χ0n) is 20.6. The summed E-state index contributed by atoms with van der Waals surface area (Å²) >= 11 is 0. The number of hydrogen-bond donors (Lipinski definition) is 2. The molecule has 0 aliphatic carbocycles. The van der Waals surface area contributed by atoms with E-state index >= 15 is 0 Å². The molecule has 3 aromatic carbocycles. The molecule has 9 nitrogen and oxygen atoms in total. The molecule has 2 spiro atoms. The van der Waals surface area contributed by atoms with Gasteiger partial charge in [-0.2, -0.15) is 0 Å². The minimum atomic E-state index is -1.45. The van der Waals surface area contributed by atoms with E-state index in [4.69, 9.17) is 0 Å². The second-order valence-corrected chi connectivity index (χ2v) is 10.6. The Bertz CT molecular complexity index is 1600. The van der Waals surface area contributed by atoms with Crippen LogP contribution in [0, 0.1) is 23.0 Å². The second kappa shape index (κ2) is 7.58. The molecule has 0 bridgehead atoms. The van der Waals surface area contributed by atoms with Crippen molar-refractivity contribution in [2.24, 2.45) is 5.92 Å². The summed E-state index contributed by atoms with van der Waals surface area (Å²) in [5.41, 5.74) is 0.623. The first kappa shape index (κ1) is 22.8. The summed E-state index contributed by atoms with van der Waals surface area (Å²) < 4.78 is 0.